The van der Waals surface area contributed by atoms with Crippen LogP contribution in [0.5, 0.6) is 0 Å². The van der Waals surface area contributed by atoms with E-state index in [0.29, 0.717) is 6.04 Å². The Morgan fingerprint density at radius 1 is 0.778 bits per heavy atom. The standard InChI is InChI=1S/C24H33N2.ClH/c1-16(2)26(24-21(7)13-18(4)14-22(24)8)10-9-25(15-26)23-19(5)11-17(3)12-20(23)6;/h9-14,16H,15H2,1-8H3;1H/q+1;/p-1. The molecule has 1 unspecified atom stereocenters. The van der Waals surface area contributed by atoms with E-state index in [1.807, 2.05) is 0 Å². The average Bonchev–Trinajstić information content (AvgIpc) is 2.91. The summed E-state index contributed by atoms with van der Waals surface area (Å²) in [4.78, 5) is 2.45. The highest BCUT2D eigenvalue weighted by Crippen LogP contribution is 2.40. The van der Waals surface area contributed by atoms with Crippen molar-refractivity contribution in [3.05, 3.63) is 70.0 Å². The molecule has 0 amide bonds. The summed E-state index contributed by atoms with van der Waals surface area (Å²) >= 11 is 0. The van der Waals surface area contributed by atoms with Crippen LogP contribution in [0.3, 0.4) is 0 Å². The molecule has 2 nitrogen and oxygen atoms in total. The largest absolute Gasteiger partial charge is 1.00 e. The summed E-state index contributed by atoms with van der Waals surface area (Å²) in [5.41, 5.74) is 11.0. The van der Waals surface area contributed by atoms with Crippen LogP contribution in [-0.2, 0) is 0 Å². The van der Waals surface area contributed by atoms with Crippen molar-refractivity contribution in [2.75, 3.05) is 11.6 Å². The minimum Gasteiger partial charge on any atom is -1.00 e. The molecule has 1 atom stereocenters. The van der Waals surface area contributed by atoms with Crippen molar-refractivity contribution in [1.82, 2.24) is 4.48 Å². The van der Waals surface area contributed by atoms with Crippen molar-refractivity contribution >= 4 is 11.4 Å². The molecule has 27 heavy (non-hydrogen) atoms. The summed E-state index contributed by atoms with van der Waals surface area (Å²) in [6, 6.07) is 9.71. The van der Waals surface area contributed by atoms with Crippen molar-refractivity contribution in [3.8, 4) is 0 Å². The van der Waals surface area contributed by atoms with Gasteiger partial charge in [-0.2, -0.15) is 0 Å². The molecule has 146 valence electrons. The van der Waals surface area contributed by atoms with Crippen LogP contribution in [0.25, 0.3) is 0 Å². The van der Waals surface area contributed by atoms with Crippen LogP contribution < -0.4 is 21.8 Å². The Morgan fingerprint density at radius 2 is 1.22 bits per heavy atom. The van der Waals surface area contributed by atoms with Crippen molar-refractivity contribution in [1.29, 1.82) is 0 Å². The van der Waals surface area contributed by atoms with E-state index < -0.39 is 0 Å². The predicted molar refractivity (Wildman–Crippen MR) is 115 cm³/mol. The van der Waals surface area contributed by atoms with E-state index in [4.69, 9.17) is 0 Å². The van der Waals surface area contributed by atoms with Gasteiger partial charge in [0.2, 0.25) is 0 Å². The number of anilines is 1. The molecule has 3 rings (SSSR count). The third kappa shape index (κ3) is 3.66. The predicted octanol–water partition coefficient (Wildman–Crippen LogP) is 3.21. The van der Waals surface area contributed by atoms with Crippen molar-refractivity contribution in [2.24, 2.45) is 0 Å². The molecular formula is C24H33ClN2. The number of rotatable bonds is 3. The second-order valence-corrected chi connectivity index (χ2v) is 8.43. The summed E-state index contributed by atoms with van der Waals surface area (Å²) < 4.78 is 0.880. The van der Waals surface area contributed by atoms with Crippen molar-refractivity contribution in [3.63, 3.8) is 0 Å². The molecule has 3 heteroatoms. The van der Waals surface area contributed by atoms with Gasteiger partial charge in [0, 0.05) is 11.1 Å². The van der Waals surface area contributed by atoms with E-state index in [0.717, 1.165) is 11.2 Å². The first kappa shape index (κ1) is 21.5. The summed E-state index contributed by atoms with van der Waals surface area (Å²) in [5.74, 6) is 0. The Bertz CT molecular complexity index is 836. The third-order valence-corrected chi connectivity index (χ3v) is 5.79. The lowest BCUT2D eigenvalue weighted by Gasteiger charge is -2.39. The second-order valence-electron chi connectivity index (χ2n) is 8.43. The minimum atomic E-state index is 0. The van der Waals surface area contributed by atoms with E-state index in [1.54, 1.807) is 0 Å². The van der Waals surface area contributed by atoms with Gasteiger partial charge >= 0.3 is 0 Å². The van der Waals surface area contributed by atoms with Gasteiger partial charge in [-0.25, -0.2) is 4.48 Å². The van der Waals surface area contributed by atoms with Crippen LogP contribution in [0.1, 0.15) is 47.2 Å². The zero-order valence-electron chi connectivity index (χ0n) is 18.0. The summed E-state index contributed by atoms with van der Waals surface area (Å²) in [7, 11) is 0. The minimum absolute atomic E-state index is 0. The highest BCUT2D eigenvalue weighted by Gasteiger charge is 2.41. The highest BCUT2D eigenvalue weighted by atomic mass is 35.5. The molecule has 0 fully saturated rings. The van der Waals surface area contributed by atoms with Gasteiger partial charge < -0.3 is 12.4 Å². The lowest BCUT2D eigenvalue weighted by molar-refractivity contribution is -0.00000583. The van der Waals surface area contributed by atoms with Crippen molar-refractivity contribution in [2.45, 2.75) is 61.4 Å². The lowest BCUT2D eigenvalue weighted by Crippen LogP contribution is -3.00. The molecule has 0 bridgehead atoms. The first-order valence-corrected chi connectivity index (χ1v) is 9.65. The van der Waals surface area contributed by atoms with Crippen LogP contribution in [0.2, 0.25) is 0 Å². The van der Waals surface area contributed by atoms with Gasteiger partial charge in [-0.15, -0.1) is 0 Å². The van der Waals surface area contributed by atoms with E-state index in [1.165, 1.54) is 44.8 Å². The number of benzene rings is 2. The van der Waals surface area contributed by atoms with Crippen LogP contribution in [0.4, 0.5) is 11.4 Å². The fourth-order valence-electron chi connectivity index (χ4n) is 4.88. The molecule has 0 aliphatic carbocycles. The molecule has 2 aromatic carbocycles. The van der Waals surface area contributed by atoms with Gasteiger partial charge in [0.25, 0.3) is 0 Å². The van der Waals surface area contributed by atoms with E-state index in [-0.39, 0.29) is 12.4 Å². The Balaban J connectivity index is 0.00000261. The average molecular weight is 385 g/mol. The number of nitrogens with zero attached hydrogens (tertiary/aromatic N) is 2. The Kier molecular flexibility index (Phi) is 6.13. The van der Waals surface area contributed by atoms with Crippen molar-refractivity contribution < 1.29 is 12.4 Å². The Morgan fingerprint density at radius 3 is 1.67 bits per heavy atom. The van der Waals surface area contributed by atoms with Crippen LogP contribution >= 0.6 is 0 Å². The number of aryl methyl sites for hydroxylation is 6. The molecule has 0 radical (unpaired) electrons. The fourth-order valence-corrected chi connectivity index (χ4v) is 4.88. The van der Waals surface area contributed by atoms with E-state index in [9.17, 15) is 0 Å². The SMILES string of the molecule is Cc1cc(C)c(N2C=C[N+](c3c(C)cc(C)cc3C)(C(C)C)C2)c(C)c1.[Cl-]. The molecule has 0 saturated heterocycles. The summed E-state index contributed by atoms with van der Waals surface area (Å²) in [5, 5.41) is 0. The quantitative estimate of drug-likeness (QED) is 0.734. The smallest absolute Gasteiger partial charge is 0.167 e. The molecule has 0 saturated carbocycles. The van der Waals surface area contributed by atoms with E-state index in [2.05, 4.69) is 97.0 Å². The number of halogens is 1. The van der Waals surface area contributed by atoms with Crippen LogP contribution in [-0.4, -0.2) is 12.7 Å². The van der Waals surface area contributed by atoms with Gasteiger partial charge in [0.1, 0.15) is 11.9 Å². The Hall–Kier alpha value is -1.77. The number of hydrogen-bond acceptors (Lipinski definition) is 1. The summed E-state index contributed by atoms with van der Waals surface area (Å²) in [6.07, 6.45) is 4.69. The maximum atomic E-state index is 2.45. The van der Waals surface area contributed by atoms with Crippen LogP contribution in [0, 0.1) is 41.5 Å². The first-order chi connectivity index (χ1) is 12.2. The highest BCUT2D eigenvalue weighted by molar-refractivity contribution is 5.67. The second kappa shape index (κ2) is 7.69. The molecule has 2 aromatic rings. The third-order valence-electron chi connectivity index (χ3n) is 5.79. The maximum Gasteiger partial charge on any atom is 0.167 e. The molecule has 0 N–H and O–H groups in total. The van der Waals surface area contributed by atoms with Gasteiger partial charge in [-0.1, -0.05) is 35.4 Å². The summed E-state index contributed by atoms with van der Waals surface area (Å²) in [6.45, 7) is 19.0. The zero-order chi connectivity index (χ0) is 19.2. The topological polar surface area (TPSA) is 3.24 Å². The Labute approximate surface area is 171 Å². The number of quaternary nitrogens is 1. The van der Waals surface area contributed by atoms with Crippen LogP contribution in [0.15, 0.2) is 36.7 Å². The molecule has 1 aliphatic rings. The maximum absolute atomic E-state index is 2.45. The molecule has 0 aromatic heterocycles. The molecule has 0 spiro atoms. The monoisotopic (exact) mass is 384 g/mol. The van der Waals surface area contributed by atoms with Gasteiger partial charge in [0.15, 0.2) is 6.67 Å². The molecule has 1 aliphatic heterocycles. The van der Waals surface area contributed by atoms with Gasteiger partial charge in [0.05, 0.1) is 17.9 Å². The normalized spacial score (nSPS) is 18.9. The van der Waals surface area contributed by atoms with E-state index >= 15 is 0 Å². The first-order valence-electron chi connectivity index (χ1n) is 9.65. The molecular weight excluding hydrogens is 352 g/mol. The van der Waals surface area contributed by atoms with Gasteiger partial charge in [-0.05, 0) is 66.5 Å². The fraction of sp³-hybridized carbons (Fsp3) is 0.417. The number of hydrogen-bond donors (Lipinski definition) is 0. The lowest BCUT2D eigenvalue weighted by atomic mass is 10.0. The molecule has 1 heterocycles. The zero-order valence-corrected chi connectivity index (χ0v) is 18.8. The van der Waals surface area contributed by atoms with Gasteiger partial charge in [-0.3, -0.25) is 4.90 Å².